The second kappa shape index (κ2) is 9.59. The number of hydrogen-bond donors (Lipinski definition) is 0. The van der Waals surface area contributed by atoms with Crippen molar-refractivity contribution in [3.05, 3.63) is 61.2 Å². The van der Waals surface area contributed by atoms with E-state index in [-0.39, 0.29) is 0 Å². The lowest BCUT2D eigenvalue weighted by atomic mass is 10.3. The van der Waals surface area contributed by atoms with Crippen molar-refractivity contribution < 1.29 is 17.7 Å². The SMILES string of the molecule is C=C[Si](C)(C)Oc1cc(O[Si](C)(C)C=C)c(O[Si](C)(C)C=C)cc1O[Si](C)(C)C=C. The molecule has 1 rings (SSSR count). The van der Waals surface area contributed by atoms with Gasteiger partial charge in [0.05, 0.1) is 0 Å². The first-order valence-electron chi connectivity index (χ1n) is 10.1. The van der Waals surface area contributed by atoms with Crippen molar-refractivity contribution in [1.29, 1.82) is 0 Å². The summed E-state index contributed by atoms with van der Waals surface area (Å²) in [4.78, 5) is 0. The van der Waals surface area contributed by atoms with Gasteiger partial charge in [0.1, 0.15) is 23.0 Å². The third kappa shape index (κ3) is 7.82. The first-order valence-corrected chi connectivity index (χ1v) is 22.0. The maximum atomic E-state index is 6.40. The van der Waals surface area contributed by atoms with Gasteiger partial charge in [-0.05, 0) is 52.4 Å². The van der Waals surface area contributed by atoms with Crippen LogP contribution in [0.25, 0.3) is 0 Å². The van der Waals surface area contributed by atoms with Gasteiger partial charge in [0.2, 0.25) is 0 Å². The molecule has 4 nitrogen and oxygen atoms in total. The molecule has 0 saturated heterocycles. The van der Waals surface area contributed by atoms with Gasteiger partial charge < -0.3 is 17.7 Å². The monoisotopic (exact) mass is 478 g/mol. The van der Waals surface area contributed by atoms with Crippen LogP contribution in [0.15, 0.2) is 61.2 Å². The van der Waals surface area contributed by atoms with Gasteiger partial charge >= 0.3 is 0 Å². The highest BCUT2D eigenvalue weighted by Gasteiger charge is 2.31. The normalized spacial score (nSPS) is 12.5. The van der Waals surface area contributed by atoms with E-state index in [0.29, 0.717) is 23.0 Å². The van der Waals surface area contributed by atoms with Gasteiger partial charge in [-0.15, -0.1) is 26.3 Å². The number of rotatable bonds is 12. The van der Waals surface area contributed by atoms with Crippen LogP contribution in [0.3, 0.4) is 0 Å². The Morgan fingerprint density at radius 1 is 0.467 bits per heavy atom. The summed E-state index contributed by atoms with van der Waals surface area (Å²) in [7, 11) is -8.54. The van der Waals surface area contributed by atoms with E-state index in [9.17, 15) is 0 Å². The fourth-order valence-electron chi connectivity index (χ4n) is 2.14. The lowest BCUT2D eigenvalue weighted by Gasteiger charge is -2.31. The molecule has 166 valence electrons. The summed E-state index contributed by atoms with van der Waals surface area (Å²) in [5.41, 5.74) is 7.59. The lowest BCUT2D eigenvalue weighted by Crippen LogP contribution is -2.36. The van der Waals surface area contributed by atoms with E-state index in [4.69, 9.17) is 17.7 Å². The first kappa shape index (κ1) is 26.3. The maximum Gasteiger partial charge on any atom is 0.269 e. The van der Waals surface area contributed by atoms with E-state index in [2.05, 4.69) is 78.7 Å². The molecule has 0 N–H and O–H groups in total. The molecule has 30 heavy (non-hydrogen) atoms. The highest BCUT2D eigenvalue weighted by Crippen LogP contribution is 2.43. The van der Waals surface area contributed by atoms with Crippen LogP contribution >= 0.6 is 0 Å². The van der Waals surface area contributed by atoms with Crippen LogP contribution in [0.4, 0.5) is 0 Å². The Balaban J connectivity index is 3.70. The van der Waals surface area contributed by atoms with Crippen molar-refractivity contribution >= 4 is 33.3 Å². The van der Waals surface area contributed by atoms with Gasteiger partial charge in [-0.25, -0.2) is 0 Å². The zero-order valence-corrected chi connectivity index (χ0v) is 23.9. The van der Waals surface area contributed by atoms with Crippen LogP contribution < -0.4 is 17.7 Å². The van der Waals surface area contributed by atoms with Crippen molar-refractivity contribution in [2.75, 3.05) is 0 Å². The Labute approximate surface area is 187 Å². The molecule has 0 aliphatic carbocycles. The molecule has 0 aliphatic rings. The Kier molecular flexibility index (Phi) is 8.40. The predicted octanol–water partition coefficient (Wildman–Crippen LogP) is 6.92. The van der Waals surface area contributed by atoms with E-state index in [1.807, 2.05) is 34.9 Å². The van der Waals surface area contributed by atoms with Gasteiger partial charge in [-0.3, -0.25) is 0 Å². The average Bonchev–Trinajstić information content (AvgIpc) is 2.64. The van der Waals surface area contributed by atoms with Gasteiger partial charge in [0, 0.05) is 12.1 Å². The Morgan fingerprint density at radius 2 is 0.633 bits per heavy atom. The molecule has 1 aromatic rings. The third-order valence-corrected chi connectivity index (χ3v) is 11.4. The highest BCUT2D eigenvalue weighted by atomic mass is 28.4. The quantitative estimate of drug-likeness (QED) is 0.305. The summed E-state index contributed by atoms with van der Waals surface area (Å²) in [6.07, 6.45) is 0. The minimum absolute atomic E-state index is 0.642. The molecule has 0 amide bonds. The molecule has 0 fully saturated rings. The van der Waals surface area contributed by atoms with E-state index in [0.717, 1.165) is 0 Å². The second-order valence-corrected chi connectivity index (χ2v) is 24.7. The summed E-state index contributed by atoms with van der Waals surface area (Å²) < 4.78 is 25.6. The summed E-state index contributed by atoms with van der Waals surface area (Å²) >= 11 is 0. The van der Waals surface area contributed by atoms with Crippen LogP contribution in [0, 0.1) is 0 Å². The van der Waals surface area contributed by atoms with Crippen molar-refractivity contribution in [2.45, 2.75) is 52.4 Å². The first-order chi connectivity index (χ1) is 13.6. The fraction of sp³-hybridized carbons (Fsp3) is 0.364. The van der Waals surface area contributed by atoms with Crippen LogP contribution in [0.5, 0.6) is 23.0 Å². The largest absolute Gasteiger partial charge is 0.538 e. The summed E-state index contributed by atoms with van der Waals surface area (Å²) in [5, 5.41) is 0. The van der Waals surface area contributed by atoms with Gasteiger partial charge in [0.15, 0.2) is 0 Å². The fourth-order valence-corrected chi connectivity index (χ4v) is 5.38. The molecule has 0 unspecified atom stereocenters. The summed E-state index contributed by atoms with van der Waals surface area (Å²) in [5.74, 6) is 2.57. The molecule has 0 aromatic heterocycles. The Morgan fingerprint density at radius 3 is 0.767 bits per heavy atom. The van der Waals surface area contributed by atoms with Gasteiger partial charge in [-0.2, -0.15) is 0 Å². The van der Waals surface area contributed by atoms with E-state index >= 15 is 0 Å². The molecule has 0 spiro atoms. The zero-order valence-electron chi connectivity index (χ0n) is 19.9. The number of benzene rings is 1. The second-order valence-electron chi connectivity index (χ2n) is 9.38. The standard InChI is InChI=1S/C22H38O4Si4/c1-13-27(5,6)23-19-17-21(25-29(9,10)15-3)22(26-30(11,12)16-4)18-20(19)24-28(7,8)14-2/h13-18H,1-4H2,5-12H3. The molecule has 1 aromatic carbocycles. The van der Waals surface area contributed by atoms with E-state index in [1.165, 1.54) is 0 Å². The molecular formula is C22H38O4Si4. The molecule has 0 heterocycles. The molecule has 0 radical (unpaired) electrons. The lowest BCUT2D eigenvalue weighted by molar-refractivity contribution is 0.462. The molecule has 0 saturated carbocycles. The molecule has 0 atom stereocenters. The topological polar surface area (TPSA) is 36.9 Å². The van der Waals surface area contributed by atoms with Crippen molar-refractivity contribution in [2.24, 2.45) is 0 Å². The summed E-state index contributed by atoms with van der Waals surface area (Å²) in [6, 6.07) is 3.78. The van der Waals surface area contributed by atoms with Crippen molar-refractivity contribution in [1.82, 2.24) is 0 Å². The Hall–Kier alpha value is -1.75. The molecule has 8 heteroatoms. The Bertz CT molecular complexity index is 683. The maximum absolute atomic E-state index is 6.40. The van der Waals surface area contributed by atoms with Crippen molar-refractivity contribution in [3.8, 4) is 23.0 Å². The van der Waals surface area contributed by atoms with E-state index < -0.39 is 33.3 Å². The minimum atomic E-state index is -2.14. The van der Waals surface area contributed by atoms with Crippen molar-refractivity contribution in [3.63, 3.8) is 0 Å². The van der Waals surface area contributed by atoms with Gasteiger partial charge in [-0.1, -0.05) is 22.8 Å². The predicted molar refractivity (Wildman–Crippen MR) is 140 cm³/mol. The van der Waals surface area contributed by atoms with Crippen LogP contribution in [-0.2, 0) is 0 Å². The number of hydrogen-bond acceptors (Lipinski definition) is 4. The zero-order chi connectivity index (χ0) is 23.4. The van der Waals surface area contributed by atoms with Crippen LogP contribution in [0.1, 0.15) is 0 Å². The average molecular weight is 479 g/mol. The van der Waals surface area contributed by atoms with Gasteiger partial charge in [0.25, 0.3) is 33.3 Å². The van der Waals surface area contributed by atoms with E-state index in [1.54, 1.807) is 0 Å². The molecule has 0 bridgehead atoms. The minimum Gasteiger partial charge on any atom is -0.538 e. The van der Waals surface area contributed by atoms with Crippen LogP contribution in [0.2, 0.25) is 52.4 Å². The summed E-state index contributed by atoms with van der Waals surface area (Å²) in [6.45, 7) is 32.4. The van der Waals surface area contributed by atoms with Crippen LogP contribution in [-0.4, -0.2) is 33.3 Å². The molecular weight excluding hydrogens is 441 g/mol. The third-order valence-electron chi connectivity index (χ3n) is 4.47. The molecule has 0 aliphatic heterocycles. The highest BCUT2D eigenvalue weighted by molar-refractivity contribution is 6.78. The smallest absolute Gasteiger partial charge is 0.269 e.